The summed E-state index contributed by atoms with van der Waals surface area (Å²) in [5, 5.41) is 0. The molecule has 3 heteroatoms. The summed E-state index contributed by atoms with van der Waals surface area (Å²) in [4.78, 5) is 0. The van der Waals surface area contributed by atoms with Crippen molar-refractivity contribution in [2.75, 3.05) is 0 Å². The Kier molecular flexibility index (Phi) is 2.07. The Balaban J connectivity index is 2.89. The summed E-state index contributed by atoms with van der Waals surface area (Å²) in [6, 6.07) is 6.22. The summed E-state index contributed by atoms with van der Waals surface area (Å²) in [5.74, 6) is -0.218. The maximum absolute atomic E-state index is 12.3. The molecule has 1 aromatic rings. The standard InChI is InChI=1S/C7H9BFN/c1-8(10)6-2-4-7(9)5-3-6/h2-5H,10H2,1H3. The number of benzene rings is 1. The van der Waals surface area contributed by atoms with Gasteiger partial charge in [-0.25, -0.2) is 4.39 Å². The highest BCUT2D eigenvalue weighted by molar-refractivity contribution is 6.68. The van der Waals surface area contributed by atoms with Gasteiger partial charge in [-0.2, -0.15) is 0 Å². The van der Waals surface area contributed by atoms with Crippen molar-refractivity contribution >= 4 is 12.3 Å². The van der Waals surface area contributed by atoms with E-state index in [-0.39, 0.29) is 12.7 Å². The van der Waals surface area contributed by atoms with E-state index in [2.05, 4.69) is 0 Å². The van der Waals surface area contributed by atoms with Crippen molar-refractivity contribution in [2.24, 2.45) is 5.64 Å². The van der Waals surface area contributed by atoms with Gasteiger partial charge in [0.05, 0.1) is 0 Å². The van der Waals surface area contributed by atoms with Gasteiger partial charge >= 0.3 is 0 Å². The van der Waals surface area contributed by atoms with Gasteiger partial charge in [0.1, 0.15) is 5.82 Å². The Hall–Kier alpha value is -0.825. The smallest absolute Gasteiger partial charge is 0.248 e. The fraction of sp³-hybridized carbons (Fsp3) is 0.143. The molecule has 0 aliphatic heterocycles. The maximum atomic E-state index is 12.3. The SMILES string of the molecule is CB(N)c1ccc(F)cc1. The second-order valence-corrected chi connectivity index (χ2v) is 2.34. The lowest BCUT2D eigenvalue weighted by Gasteiger charge is -1.99. The van der Waals surface area contributed by atoms with Crippen molar-refractivity contribution in [3.05, 3.63) is 30.1 Å². The molecule has 10 heavy (non-hydrogen) atoms. The van der Waals surface area contributed by atoms with Gasteiger partial charge in [0.15, 0.2) is 0 Å². The molecule has 0 aliphatic carbocycles. The molecule has 0 saturated heterocycles. The first-order valence-electron chi connectivity index (χ1n) is 3.21. The Morgan fingerprint density at radius 2 is 1.80 bits per heavy atom. The Labute approximate surface area is 60.1 Å². The second-order valence-electron chi connectivity index (χ2n) is 2.34. The molecule has 0 saturated carbocycles. The number of hydrogen-bond donors (Lipinski definition) is 1. The highest BCUT2D eigenvalue weighted by atomic mass is 19.1. The van der Waals surface area contributed by atoms with Crippen LogP contribution in [0, 0.1) is 5.82 Å². The van der Waals surface area contributed by atoms with E-state index in [0.717, 1.165) is 5.46 Å². The third-order valence-corrected chi connectivity index (χ3v) is 1.40. The average Bonchev–Trinajstić information content (AvgIpc) is 1.88. The molecule has 1 rings (SSSR count). The van der Waals surface area contributed by atoms with Crippen molar-refractivity contribution in [1.82, 2.24) is 0 Å². The number of hydrogen-bond acceptors (Lipinski definition) is 1. The Bertz CT molecular complexity index is 207. The Morgan fingerprint density at radius 1 is 1.30 bits per heavy atom. The van der Waals surface area contributed by atoms with E-state index in [0.29, 0.717) is 0 Å². The molecule has 52 valence electrons. The molecule has 1 aromatic carbocycles. The first-order valence-corrected chi connectivity index (χ1v) is 3.21. The Morgan fingerprint density at radius 3 is 2.20 bits per heavy atom. The van der Waals surface area contributed by atoms with Crippen molar-refractivity contribution in [2.45, 2.75) is 6.82 Å². The van der Waals surface area contributed by atoms with Crippen molar-refractivity contribution in [1.29, 1.82) is 0 Å². The fourth-order valence-corrected chi connectivity index (χ4v) is 0.766. The summed E-state index contributed by atoms with van der Waals surface area (Å²) in [7, 11) is 0. The van der Waals surface area contributed by atoms with Crippen LogP contribution >= 0.6 is 0 Å². The third-order valence-electron chi connectivity index (χ3n) is 1.40. The summed E-state index contributed by atoms with van der Waals surface area (Å²) in [6.45, 7) is 1.85. The quantitative estimate of drug-likeness (QED) is 0.564. The van der Waals surface area contributed by atoms with Crippen molar-refractivity contribution in [3.8, 4) is 0 Å². The lowest BCUT2D eigenvalue weighted by Crippen LogP contribution is -2.36. The van der Waals surface area contributed by atoms with E-state index >= 15 is 0 Å². The number of rotatable bonds is 1. The van der Waals surface area contributed by atoms with Crippen molar-refractivity contribution in [3.63, 3.8) is 0 Å². The molecule has 1 nitrogen and oxygen atoms in total. The van der Waals surface area contributed by atoms with Gasteiger partial charge in [-0.1, -0.05) is 24.4 Å². The minimum atomic E-state index is -0.218. The molecule has 0 amide bonds. The van der Waals surface area contributed by atoms with Crippen LogP contribution in [0.3, 0.4) is 0 Å². The van der Waals surface area contributed by atoms with Gasteiger partial charge in [-0.05, 0) is 12.1 Å². The summed E-state index contributed by atoms with van der Waals surface area (Å²) in [6.07, 6.45) is 0. The first-order chi connectivity index (χ1) is 4.70. The van der Waals surface area contributed by atoms with Crippen LogP contribution in [-0.2, 0) is 0 Å². The largest absolute Gasteiger partial charge is 0.366 e. The lowest BCUT2D eigenvalue weighted by atomic mass is 9.60. The highest BCUT2D eigenvalue weighted by Crippen LogP contribution is 1.92. The van der Waals surface area contributed by atoms with Crippen LogP contribution in [-0.4, -0.2) is 6.85 Å². The average molecular weight is 137 g/mol. The molecule has 0 unspecified atom stereocenters. The second kappa shape index (κ2) is 2.84. The molecule has 0 radical (unpaired) electrons. The normalized spacial score (nSPS) is 9.50. The van der Waals surface area contributed by atoms with Gasteiger partial charge in [-0.3, -0.25) is 0 Å². The van der Waals surface area contributed by atoms with E-state index in [9.17, 15) is 4.39 Å². The van der Waals surface area contributed by atoms with Gasteiger partial charge in [0.2, 0.25) is 6.85 Å². The zero-order valence-corrected chi connectivity index (χ0v) is 5.84. The predicted octanol–water partition coefficient (Wildman–Crippen LogP) is 0.613. The molecule has 0 aromatic heterocycles. The topological polar surface area (TPSA) is 26.0 Å². The first kappa shape index (κ1) is 7.28. The summed E-state index contributed by atoms with van der Waals surface area (Å²) in [5.41, 5.74) is 6.50. The summed E-state index contributed by atoms with van der Waals surface area (Å²) < 4.78 is 12.3. The third kappa shape index (κ3) is 1.58. The fourth-order valence-electron chi connectivity index (χ4n) is 0.766. The minimum absolute atomic E-state index is 0.0133. The molecule has 0 heterocycles. The predicted molar refractivity (Wildman–Crippen MR) is 41.8 cm³/mol. The molecule has 2 N–H and O–H groups in total. The molecule has 0 spiro atoms. The van der Waals surface area contributed by atoms with E-state index in [1.165, 1.54) is 12.1 Å². The number of halogens is 1. The van der Waals surface area contributed by atoms with Crippen LogP contribution in [0.2, 0.25) is 6.82 Å². The highest BCUT2D eigenvalue weighted by Gasteiger charge is 2.01. The molecule has 0 bridgehead atoms. The zero-order chi connectivity index (χ0) is 7.56. The van der Waals surface area contributed by atoms with E-state index in [1.807, 2.05) is 6.82 Å². The zero-order valence-electron chi connectivity index (χ0n) is 5.84. The molecule has 0 fully saturated rings. The summed E-state index contributed by atoms with van der Waals surface area (Å²) >= 11 is 0. The van der Waals surface area contributed by atoms with Crippen LogP contribution in [0.4, 0.5) is 4.39 Å². The minimum Gasteiger partial charge on any atom is -0.366 e. The van der Waals surface area contributed by atoms with E-state index < -0.39 is 0 Å². The van der Waals surface area contributed by atoms with E-state index in [1.54, 1.807) is 12.1 Å². The van der Waals surface area contributed by atoms with Gasteiger partial charge in [0.25, 0.3) is 0 Å². The number of nitrogens with two attached hydrogens (primary N) is 1. The van der Waals surface area contributed by atoms with Crippen LogP contribution < -0.4 is 11.1 Å². The van der Waals surface area contributed by atoms with Gasteiger partial charge < -0.3 is 5.64 Å². The maximum Gasteiger partial charge on any atom is 0.248 e. The van der Waals surface area contributed by atoms with Crippen LogP contribution in [0.1, 0.15) is 0 Å². The molecule has 0 atom stereocenters. The molecular formula is C7H9BFN. The van der Waals surface area contributed by atoms with E-state index in [4.69, 9.17) is 5.64 Å². The molecule has 0 aliphatic rings. The van der Waals surface area contributed by atoms with Crippen LogP contribution in [0.25, 0.3) is 0 Å². The van der Waals surface area contributed by atoms with Crippen LogP contribution in [0.5, 0.6) is 0 Å². The molecular weight excluding hydrogens is 128 g/mol. The van der Waals surface area contributed by atoms with Gasteiger partial charge in [0, 0.05) is 0 Å². The van der Waals surface area contributed by atoms with Crippen molar-refractivity contribution < 1.29 is 4.39 Å². The lowest BCUT2D eigenvalue weighted by molar-refractivity contribution is 0.628. The van der Waals surface area contributed by atoms with Gasteiger partial charge in [-0.15, -0.1) is 0 Å². The monoisotopic (exact) mass is 137 g/mol. The van der Waals surface area contributed by atoms with Crippen LogP contribution in [0.15, 0.2) is 24.3 Å².